The monoisotopic (exact) mass is 777 g/mol. The smallest absolute Gasteiger partial charge is 0.417 e. The summed E-state index contributed by atoms with van der Waals surface area (Å²) in [6.07, 6.45) is -2.95. The van der Waals surface area contributed by atoms with Crippen molar-refractivity contribution in [3.8, 4) is 5.75 Å². The van der Waals surface area contributed by atoms with Gasteiger partial charge in [-0.05, 0) is 82.3 Å². The Labute approximate surface area is 312 Å². The quantitative estimate of drug-likeness (QED) is 0.314. The van der Waals surface area contributed by atoms with Crippen LogP contribution in [0, 0.1) is 13.8 Å². The van der Waals surface area contributed by atoms with E-state index >= 15 is 0 Å². The third-order valence-corrected chi connectivity index (χ3v) is 12.1. The maximum Gasteiger partial charge on any atom is 0.417 e. The van der Waals surface area contributed by atoms with Crippen LogP contribution in [0.1, 0.15) is 74.2 Å². The van der Waals surface area contributed by atoms with Gasteiger partial charge in [0, 0.05) is 69.6 Å². The summed E-state index contributed by atoms with van der Waals surface area (Å²) >= 11 is 0. The minimum absolute atomic E-state index is 0.0886. The second-order valence-electron chi connectivity index (χ2n) is 14.5. The number of carbonyl (C=O) groups is 2. The van der Waals surface area contributed by atoms with Crippen LogP contribution < -0.4 is 20.0 Å². The number of hydrogen-bond acceptors (Lipinski definition) is 10. The molecule has 2 aromatic carbocycles. The van der Waals surface area contributed by atoms with Crippen LogP contribution in [0.25, 0.3) is 11.0 Å². The Kier molecular flexibility index (Phi) is 11.1. The number of nitrogens with zero attached hydrogens (tertiary/aromatic N) is 4. The summed E-state index contributed by atoms with van der Waals surface area (Å²) in [7, 11) is 1.49. The molecule has 1 atom stereocenters. The number of piperazine rings is 1. The van der Waals surface area contributed by atoms with Gasteiger partial charge in [0.25, 0.3) is 11.8 Å². The van der Waals surface area contributed by atoms with Crippen molar-refractivity contribution in [2.75, 3.05) is 65.9 Å². The molecule has 17 heteroatoms. The largest absolute Gasteiger partial charge is 0.490 e. The molecule has 0 spiro atoms. The lowest BCUT2D eigenvalue weighted by Crippen LogP contribution is -2.53. The van der Waals surface area contributed by atoms with Gasteiger partial charge in [0.05, 0.1) is 42.0 Å². The first-order chi connectivity index (χ1) is 25.4. The van der Waals surface area contributed by atoms with Gasteiger partial charge in [-0.2, -0.15) is 25.9 Å². The van der Waals surface area contributed by atoms with Crippen LogP contribution in [-0.4, -0.2) is 108 Å². The third kappa shape index (κ3) is 7.68. The molecule has 0 radical (unpaired) electrons. The molecular weight excluding hydrogens is 731 g/mol. The van der Waals surface area contributed by atoms with Crippen LogP contribution in [0.5, 0.6) is 5.75 Å². The Morgan fingerprint density at radius 3 is 2.41 bits per heavy atom. The Hall–Kier alpha value is -4.19. The fraction of sp³-hybridized carbons (Fsp3) is 0.541. The number of fused-ring (bicyclic) bond motifs is 3. The Morgan fingerprint density at radius 1 is 1.06 bits per heavy atom. The summed E-state index contributed by atoms with van der Waals surface area (Å²) in [5, 5.41) is 0.773. The average molecular weight is 778 g/mol. The highest BCUT2D eigenvalue weighted by Gasteiger charge is 2.41. The molecule has 1 aliphatic carbocycles. The van der Waals surface area contributed by atoms with E-state index < -0.39 is 62.4 Å². The average Bonchev–Trinajstić information content (AvgIpc) is 3.62. The first kappa shape index (κ1) is 39.5. The van der Waals surface area contributed by atoms with Crippen molar-refractivity contribution in [3.63, 3.8) is 0 Å². The van der Waals surface area contributed by atoms with E-state index in [4.69, 9.17) is 13.9 Å². The van der Waals surface area contributed by atoms with Crippen LogP contribution in [0.15, 0.2) is 27.4 Å². The van der Waals surface area contributed by atoms with E-state index in [1.165, 1.54) is 4.90 Å². The standard InChI is InChI=1S/C37H46F3N5O8S/c1-21-15-29(44-14-13-43(5)24(18-44)20-51-6)22(2)33-31(21)26-11-12-45(19-27(26)36(48)53-33)35(47)23-16-28(37(38,39)40)32(34(46)41-54(49,50)42(3)4)30(17-23)52-25-9-7-8-10-25/h15-17,24-25H,7-14,18-20H2,1-6H3,(H,41,46)/t24-/m1/s1. The zero-order valence-electron chi connectivity index (χ0n) is 31.3. The lowest BCUT2D eigenvalue weighted by molar-refractivity contribution is -0.138. The first-order valence-electron chi connectivity index (χ1n) is 17.9. The molecule has 1 saturated carbocycles. The van der Waals surface area contributed by atoms with Crippen molar-refractivity contribution in [3.05, 3.63) is 67.6 Å². The number of ether oxygens (including phenoxy) is 2. The van der Waals surface area contributed by atoms with E-state index in [-0.39, 0.29) is 31.1 Å². The van der Waals surface area contributed by atoms with Gasteiger partial charge in [-0.1, -0.05) is 0 Å². The van der Waals surface area contributed by atoms with Gasteiger partial charge in [0.1, 0.15) is 11.3 Å². The third-order valence-electron chi connectivity index (χ3n) is 10.7. The number of likely N-dealkylation sites (N-methyl/N-ethyl adjacent to an activating group) is 1. The van der Waals surface area contributed by atoms with Gasteiger partial charge in [0.2, 0.25) is 0 Å². The molecule has 1 N–H and O–H groups in total. The van der Waals surface area contributed by atoms with Crippen molar-refractivity contribution in [1.82, 2.24) is 18.8 Å². The normalized spacial score (nSPS) is 18.7. The predicted molar refractivity (Wildman–Crippen MR) is 195 cm³/mol. The summed E-state index contributed by atoms with van der Waals surface area (Å²) in [5.41, 5.74) is 0.459. The van der Waals surface area contributed by atoms with E-state index in [9.17, 15) is 36.0 Å². The zero-order valence-corrected chi connectivity index (χ0v) is 32.1. The van der Waals surface area contributed by atoms with Gasteiger partial charge in [-0.15, -0.1) is 0 Å². The molecule has 3 aliphatic rings. The number of methoxy groups -OCH3 is 1. The summed E-state index contributed by atoms with van der Waals surface area (Å²) in [4.78, 5) is 46.7. The molecule has 0 unspecified atom stereocenters. The van der Waals surface area contributed by atoms with Crippen molar-refractivity contribution in [2.24, 2.45) is 0 Å². The molecular formula is C37H46F3N5O8S. The first-order valence-corrected chi connectivity index (χ1v) is 19.3. The molecule has 2 fully saturated rings. The highest BCUT2D eigenvalue weighted by molar-refractivity contribution is 7.87. The van der Waals surface area contributed by atoms with Crippen LogP contribution in [0.2, 0.25) is 0 Å². The highest BCUT2D eigenvalue weighted by atomic mass is 32.2. The second-order valence-corrected chi connectivity index (χ2v) is 16.4. The predicted octanol–water partition coefficient (Wildman–Crippen LogP) is 4.25. The number of anilines is 1. The SMILES string of the molecule is COC[C@H]1CN(c2cc(C)c3c4c(c(=O)oc3c2C)CN(C(=O)c2cc(OC3CCCC3)c(C(=O)NS(=O)(=O)N(C)C)c(C(F)(F)F)c2)CC4)CCN1C. The van der Waals surface area contributed by atoms with Gasteiger partial charge in [-0.3, -0.25) is 14.5 Å². The number of aryl methyl sites for hydroxylation is 2. The van der Waals surface area contributed by atoms with Crippen LogP contribution in [-0.2, 0) is 34.1 Å². The number of benzene rings is 2. The van der Waals surface area contributed by atoms with Gasteiger partial charge < -0.3 is 23.7 Å². The van der Waals surface area contributed by atoms with Gasteiger partial charge in [0.15, 0.2) is 0 Å². The fourth-order valence-electron chi connectivity index (χ4n) is 7.71. The maximum atomic E-state index is 14.7. The molecule has 1 aromatic heterocycles. The Balaban J connectivity index is 1.36. The lowest BCUT2D eigenvalue weighted by Gasteiger charge is -2.41. The van der Waals surface area contributed by atoms with Crippen molar-refractivity contribution in [2.45, 2.75) is 70.8 Å². The number of alkyl halides is 3. The van der Waals surface area contributed by atoms with Gasteiger partial charge >= 0.3 is 22.0 Å². The van der Waals surface area contributed by atoms with E-state index in [0.717, 1.165) is 80.4 Å². The van der Waals surface area contributed by atoms with E-state index in [2.05, 4.69) is 22.9 Å². The number of amides is 2. The minimum Gasteiger partial charge on any atom is -0.490 e. The molecule has 6 rings (SSSR count). The summed E-state index contributed by atoms with van der Waals surface area (Å²) in [5.74, 6) is -2.92. The van der Waals surface area contributed by atoms with E-state index in [1.807, 2.05) is 13.8 Å². The van der Waals surface area contributed by atoms with E-state index in [0.29, 0.717) is 35.4 Å². The maximum absolute atomic E-state index is 14.7. The van der Waals surface area contributed by atoms with E-state index in [1.54, 1.807) is 11.8 Å². The molecule has 2 amide bonds. The van der Waals surface area contributed by atoms with Crippen molar-refractivity contribution >= 4 is 38.7 Å². The topological polar surface area (TPSA) is 142 Å². The number of nitrogens with one attached hydrogen (secondary N) is 1. The minimum atomic E-state index is -5.17. The highest BCUT2D eigenvalue weighted by Crippen LogP contribution is 2.40. The lowest BCUT2D eigenvalue weighted by atomic mass is 9.92. The molecule has 0 bridgehead atoms. The summed E-state index contributed by atoms with van der Waals surface area (Å²) in [6, 6.07) is 3.85. The van der Waals surface area contributed by atoms with Crippen LogP contribution >= 0.6 is 0 Å². The Bertz CT molecular complexity index is 2130. The molecule has 3 heterocycles. The molecule has 294 valence electrons. The number of halogens is 3. The Morgan fingerprint density at radius 2 is 1.76 bits per heavy atom. The molecule has 2 aliphatic heterocycles. The molecule has 54 heavy (non-hydrogen) atoms. The number of carbonyl (C=O) groups excluding carboxylic acids is 2. The fourth-order valence-corrected chi connectivity index (χ4v) is 8.23. The molecule has 13 nitrogen and oxygen atoms in total. The summed E-state index contributed by atoms with van der Waals surface area (Å²) < 4.78 is 88.6. The van der Waals surface area contributed by atoms with Gasteiger partial charge in [-0.25, -0.2) is 9.52 Å². The van der Waals surface area contributed by atoms with Crippen LogP contribution in [0.3, 0.4) is 0 Å². The second kappa shape index (κ2) is 15.2. The number of rotatable bonds is 9. The zero-order chi connectivity index (χ0) is 39.3. The van der Waals surface area contributed by atoms with Crippen molar-refractivity contribution in [1.29, 1.82) is 0 Å². The molecule has 1 saturated heterocycles. The molecule has 3 aromatic rings. The number of hydrogen-bond donors (Lipinski definition) is 1. The summed E-state index contributed by atoms with van der Waals surface area (Å²) in [6.45, 7) is 6.64. The van der Waals surface area contributed by atoms with Crippen LogP contribution in [0.4, 0.5) is 18.9 Å². The van der Waals surface area contributed by atoms with Crippen molar-refractivity contribution < 1.29 is 45.1 Å².